The van der Waals surface area contributed by atoms with Gasteiger partial charge < -0.3 is 22.8 Å². The molecule has 2 N–H and O–H groups in total. The summed E-state index contributed by atoms with van der Waals surface area (Å²) >= 11 is 0. The summed E-state index contributed by atoms with van der Waals surface area (Å²) in [7, 11) is 0. The van der Waals surface area contributed by atoms with Gasteiger partial charge in [0.05, 0.1) is 11.7 Å². The van der Waals surface area contributed by atoms with Crippen LogP contribution in [0.5, 0.6) is 0 Å². The average molecular weight is 665 g/mol. The summed E-state index contributed by atoms with van der Waals surface area (Å²) in [6, 6.07) is 20.8. The number of nitrogens with zero attached hydrogens (tertiary/aromatic N) is 2. The van der Waals surface area contributed by atoms with E-state index in [9.17, 15) is 0 Å². The van der Waals surface area contributed by atoms with E-state index in [1.807, 2.05) is 77.9 Å². The molecule has 6 heteroatoms. The predicted molar refractivity (Wildman–Crippen MR) is 157 cm³/mol. The van der Waals surface area contributed by atoms with Crippen LogP contribution in [0.1, 0.15) is 104 Å². The number of aliphatic imine (C=N–C) groups is 2. The molecule has 2 radical (unpaired) electrons. The number of hydrogen-bond donors (Lipinski definition) is 2. The number of allylic oxidation sites excluding steroid dienone is 2. The molecule has 0 saturated heterocycles. The second kappa shape index (κ2) is 23.9. The van der Waals surface area contributed by atoms with Crippen molar-refractivity contribution in [3.63, 3.8) is 0 Å². The van der Waals surface area contributed by atoms with Crippen LogP contribution in [0.15, 0.2) is 82.0 Å². The number of amidine groups is 2. The van der Waals surface area contributed by atoms with E-state index < -0.39 is 0 Å². The van der Waals surface area contributed by atoms with Crippen LogP contribution in [0.2, 0.25) is 0 Å². The first kappa shape index (κ1) is 39.2. The van der Waals surface area contributed by atoms with Gasteiger partial charge >= 0.3 is 0 Å². The molecule has 0 saturated carbocycles. The predicted octanol–water partition coefficient (Wildman–Crippen LogP) is 8.52. The maximum atomic E-state index is 4.56. The minimum Gasteiger partial charge on any atom is -0.446 e. The van der Waals surface area contributed by atoms with Gasteiger partial charge in [-0.15, -0.1) is 0 Å². The summed E-state index contributed by atoms with van der Waals surface area (Å²) in [5, 5.41) is 6.55. The van der Waals surface area contributed by atoms with Crippen molar-refractivity contribution in [3.8, 4) is 0 Å². The van der Waals surface area contributed by atoms with Gasteiger partial charge in [0.25, 0.3) is 0 Å². The number of rotatable bonds is 6. The van der Waals surface area contributed by atoms with Gasteiger partial charge in [0.2, 0.25) is 0 Å². The standard InChI is InChI=1S/2C14H17N2.2C2H6.2Y/c2*1-3-7-13-10-14(16-11(2)15-13)12-8-5-4-6-9-12;2*1-2;;/h2*4-6,8-9,14H,3,7H2,1-2H3,(H,15,16);2*1-2H3;;/q2*-1;;;;. The SMILES string of the molecule is CC.CC.CCCC1=[C-]C(c2ccccc2)N=C(C)N1.CCCC1=[C-]C(c2ccccc2)N=C(C)N1.[Y].[Y]. The fourth-order valence-electron chi connectivity index (χ4n) is 3.71. The number of nitrogens with one attached hydrogen (secondary N) is 2. The van der Waals surface area contributed by atoms with Gasteiger partial charge in [-0.2, -0.15) is 11.4 Å². The molecule has 0 fully saturated rings. The third kappa shape index (κ3) is 14.5. The van der Waals surface area contributed by atoms with Gasteiger partial charge in [0.1, 0.15) is 0 Å². The van der Waals surface area contributed by atoms with Crippen LogP contribution in [0.3, 0.4) is 0 Å². The van der Waals surface area contributed by atoms with Crippen molar-refractivity contribution in [2.24, 2.45) is 9.98 Å². The van der Waals surface area contributed by atoms with Crippen molar-refractivity contribution in [1.82, 2.24) is 10.6 Å². The monoisotopic (exact) mass is 664 g/mol. The van der Waals surface area contributed by atoms with Crippen molar-refractivity contribution < 1.29 is 65.4 Å². The molecule has 0 spiro atoms. The van der Waals surface area contributed by atoms with Gasteiger partial charge in [0.15, 0.2) is 0 Å². The van der Waals surface area contributed by atoms with Gasteiger partial charge in [-0.1, -0.05) is 126 Å². The largest absolute Gasteiger partial charge is 0.446 e. The summed E-state index contributed by atoms with van der Waals surface area (Å²) in [4.78, 5) is 9.12. The minimum atomic E-state index is 0. The molecule has 2 aliphatic rings. The van der Waals surface area contributed by atoms with Crippen molar-refractivity contribution in [2.45, 2.75) is 93.2 Å². The summed E-state index contributed by atoms with van der Waals surface area (Å²) < 4.78 is 0. The Morgan fingerprint density at radius 2 is 0.921 bits per heavy atom. The van der Waals surface area contributed by atoms with Crippen molar-refractivity contribution in [3.05, 3.63) is 95.3 Å². The Hall–Kier alpha value is -0.932. The van der Waals surface area contributed by atoms with Crippen LogP contribution >= 0.6 is 0 Å². The summed E-state index contributed by atoms with van der Waals surface area (Å²) in [6.45, 7) is 16.4. The van der Waals surface area contributed by atoms with E-state index in [2.05, 4.69) is 70.9 Å². The third-order valence-corrected chi connectivity index (χ3v) is 5.16. The Bertz CT molecular complexity index is 902. The first-order valence-corrected chi connectivity index (χ1v) is 13.6. The van der Waals surface area contributed by atoms with E-state index >= 15 is 0 Å². The Balaban J connectivity index is 0. The third-order valence-electron chi connectivity index (χ3n) is 5.16. The second-order valence-electron chi connectivity index (χ2n) is 8.05. The van der Waals surface area contributed by atoms with E-state index in [1.165, 1.54) is 22.5 Å². The molecule has 4 rings (SSSR count). The zero-order valence-electron chi connectivity index (χ0n) is 24.8. The number of hydrogen-bond acceptors (Lipinski definition) is 4. The Morgan fingerprint density at radius 3 is 1.21 bits per heavy atom. The Labute approximate surface area is 283 Å². The van der Waals surface area contributed by atoms with Crippen molar-refractivity contribution in [1.29, 1.82) is 0 Å². The fourth-order valence-corrected chi connectivity index (χ4v) is 3.71. The second-order valence-corrected chi connectivity index (χ2v) is 8.05. The van der Waals surface area contributed by atoms with E-state index in [4.69, 9.17) is 0 Å². The van der Waals surface area contributed by atoms with E-state index in [1.54, 1.807) is 0 Å². The van der Waals surface area contributed by atoms with Crippen LogP contribution in [0.25, 0.3) is 0 Å². The molecule has 2 aromatic carbocycles. The molecule has 38 heavy (non-hydrogen) atoms. The molecule has 2 aromatic rings. The average Bonchev–Trinajstić information content (AvgIpc) is 2.92. The zero-order valence-corrected chi connectivity index (χ0v) is 30.5. The maximum Gasteiger partial charge on any atom is 0.0925 e. The molecule has 4 nitrogen and oxygen atoms in total. The molecule has 2 aliphatic heterocycles. The van der Waals surface area contributed by atoms with Crippen LogP contribution in [-0.2, 0) is 65.4 Å². The van der Waals surface area contributed by atoms with Crippen molar-refractivity contribution >= 4 is 11.7 Å². The summed E-state index contributed by atoms with van der Waals surface area (Å²) in [6.07, 6.45) is 11.2. The quantitative estimate of drug-likeness (QED) is 0.305. The Kier molecular flexibility index (Phi) is 24.7. The molecule has 0 amide bonds. The summed E-state index contributed by atoms with van der Waals surface area (Å²) in [5.41, 5.74) is 4.75. The smallest absolute Gasteiger partial charge is 0.0925 e. The maximum absolute atomic E-state index is 4.56. The van der Waals surface area contributed by atoms with Gasteiger partial charge in [-0.3, -0.25) is 9.98 Å². The molecule has 202 valence electrons. The molecular formula is C32H46N4Y2-2. The molecule has 0 aromatic heterocycles. The van der Waals surface area contributed by atoms with Gasteiger partial charge in [-0.05, 0) is 38.8 Å². The summed E-state index contributed by atoms with van der Waals surface area (Å²) in [5.74, 6) is 1.96. The molecule has 0 bridgehead atoms. The van der Waals surface area contributed by atoms with Crippen LogP contribution in [-0.4, -0.2) is 11.7 Å². The van der Waals surface area contributed by atoms with Crippen LogP contribution < -0.4 is 10.6 Å². The first-order valence-electron chi connectivity index (χ1n) is 13.6. The zero-order chi connectivity index (χ0) is 26.8. The topological polar surface area (TPSA) is 48.8 Å². The van der Waals surface area contributed by atoms with Gasteiger partial charge in [-0.25, -0.2) is 0 Å². The molecule has 2 atom stereocenters. The normalized spacial score (nSPS) is 16.9. The molecule has 0 aliphatic carbocycles. The fraction of sp³-hybridized carbons (Fsp3) is 0.438. The van der Waals surface area contributed by atoms with E-state index in [0.29, 0.717) is 0 Å². The Morgan fingerprint density at radius 1 is 0.605 bits per heavy atom. The van der Waals surface area contributed by atoms with Crippen LogP contribution in [0.4, 0.5) is 0 Å². The van der Waals surface area contributed by atoms with Crippen molar-refractivity contribution in [2.75, 3.05) is 0 Å². The number of benzene rings is 2. The minimum absolute atomic E-state index is 0. The van der Waals surface area contributed by atoms with Crippen LogP contribution in [0, 0.1) is 12.2 Å². The van der Waals surface area contributed by atoms with Gasteiger partial charge in [0, 0.05) is 65.4 Å². The van der Waals surface area contributed by atoms with E-state index in [-0.39, 0.29) is 77.5 Å². The first-order chi connectivity index (χ1) is 17.6. The molecule has 2 heterocycles. The molecule has 2 unspecified atom stereocenters. The molecular weight excluding hydrogens is 618 g/mol. The van der Waals surface area contributed by atoms with E-state index in [0.717, 1.165) is 37.4 Å².